The van der Waals surface area contributed by atoms with Crippen LogP contribution in [0.3, 0.4) is 0 Å². The fraction of sp³-hybridized carbons (Fsp3) is 0.250. The largest absolute Gasteiger partial charge is 0.326 e. The first-order valence-corrected chi connectivity index (χ1v) is 6.38. The zero-order valence-corrected chi connectivity index (χ0v) is 10.6. The molecule has 2 rings (SSSR count). The highest BCUT2D eigenvalue weighted by Crippen LogP contribution is 2.29. The van der Waals surface area contributed by atoms with Gasteiger partial charge in [-0.1, -0.05) is 30.7 Å². The molecule has 84 valence electrons. The Hall–Kier alpha value is -0.900. The maximum atomic E-state index is 5.96. The van der Waals surface area contributed by atoms with Crippen LogP contribution in [0.1, 0.15) is 17.5 Å². The zero-order chi connectivity index (χ0) is 11.5. The minimum Gasteiger partial charge on any atom is -0.326 e. The van der Waals surface area contributed by atoms with Crippen molar-refractivity contribution in [1.82, 2.24) is 4.98 Å². The van der Waals surface area contributed by atoms with Crippen molar-refractivity contribution in [3.8, 4) is 10.6 Å². The summed E-state index contributed by atoms with van der Waals surface area (Å²) in [5.74, 6) is 0. The molecule has 0 saturated heterocycles. The summed E-state index contributed by atoms with van der Waals surface area (Å²) in [7, 11) is 0. The van der Waals surface area contributed by atoms with Crippen LogP contribution < -0.4 is 5.73 Å². The second kappa shape index (κ2) is 4.95. The average molecular weight is 253 g/mol. The van der Waals surface area contributed by atoms with Gasteiger partial charge in [-0.2, -0.15) is 0 Å². The summed E-state index contributed by atoms with van der Waals surface area (Å²) in [6.45, 7) is 2.65. The molecular formula is C12H13ClN2S. The van der Waals surface area contributed by atoms with Gasteiger partial charge in [-0.05, 0) is 18.6 Å². The van der Waals surface area contributed by atoms with Crippen LogP contribution in [0.5, 0.6) is 0 Å². The van der Waals surface area contributed by atoms with Crippen molar-refractivity contribution in [2.24, 2.45) is 5.73 Å². The smallest absolute Gasteiger partial charge is 0.123 e. The standard InChI is InChI=1S/C12H13ClN2S/c1-2-10-11(7-14)16-12(15-10)8-4-3-5-9(13)6-8/h3-6H,2,7,14H2,1H3. The molecule has 0 aliphatic rings. The van der Waals surface area contributed by atoms with Gasteiger partial charge in [-0.25, -0.2) is 4.98 Å². The van der Waals surface area contributed by atoms with E-state index in [1.54, 1.807) is 11.3 Å². The molecule has 2 aromatic rings. The van der Waals surface area contributed by atoms with Crippen LogP contribution in [0.15, 0.2) is 24.3 Å². The van der Waals surface area contributed by atoms with Crippen LogP contribution in [-0.4, -0.2) is 4.98 Å². The predicted octanol–water partition coefficient (Wildman–Crippen LogP) is 3.48. The molecule has 16 heavy (non-hydrogen) atoms. The van der Waals surface area contributed by atoms with Crippen molar-refractivity contribution in [2.45, 2.75) is 19.9 Å². The molecule has 4 heteroatoms. The van der Waals surface area contributed by atoms with Crippen LogP contribution in [0.2, 0.25) is 5.02 Å². The van der Waals surface area contributed by atoms with E-state index in [1.807, 2.05) is 24.3 Å². The molecule has 0 saturated carbocycles. The second-order valence-electron chi connectivity index (χ2n) is 3.46. The topological polar surface area (TPSA) is 38.9 Å². The van der Waals surface area contributed by atoms with E-state index in [1.165, 1.54) is 0 Å². The average Bonchev–Trinajstić information content (AvgIpc) is 2.72. The Morgan fingerprint density at radius 1 is 1.44 bits per heavy atom. The molecule has 0 unspecified atom stereocenters. The molecule has 0 amide bonds. The van der Waals surface area contributed by atoms with Crippen molar-refractivity contribution < 1.29 is 0 Å². The van der Waals surface area contributed by atoms with Crippen LogP contribution in [-0.2, 0) is 13.0 Å². The van der Waals surface area contributed by atoms with Gasteiger partial charge in [0.25, 0.3) is 0 Å². The molecule has 0 bridgehead atoms. The van der Waals surface area contributed by atoms with Crippen molar-refractivity contribution in [2.75, 3.05) is 0 Å². The molecule has 0 aliphatic heterocycles. The highest BCUT2D eigenvalue weighted by molar-refractivity contribution is 7.15. The Bertz CT molecular complexity index is 472. The lowest BCUT2D eigenvalue weighted by molar-refractivity contribution is 0.989. The van der Waals surface area contributed by atoms with Crippen molar-refractivity contribution >= 4 is 22.9 Å². The van der Waals surface area contributed by atoms with Gasteiger partial charge in [0.15, 0.2) is 0 Å². The predicted molar refractivity (Wildman–Crippen MR) is 69.8 cm³/mol. The number of thiazole rings is 1. The number of rotatable bonds is 3. The van der Waals surface area contributed by atoms with E-state index in [0.29, 0.717) is 6.54 Å². The van der Waals surface area contributed by atoms with Crippen molar-refractivity contribution in [3.05, 3.63) is 39.9 Å². The Kier molecular flexibility index (Phi) is 3.59. The summed E-state index contributed by atoms with van der Waals surface area (Å²) < 4.78 is 0. The Morgan fingerprint density at radius 2 is 2.25 bits per heavy atom. The summed E-state index contributed by atoms with van der Waals surface area (Å²) in [4.78, 5) is 5.76. The van der Waals surface area contributed by atoms with E-state index in [4.69, 9.17) is 17.3 Å². The molecule has 0 aliphatic carbocycles. The Morgan fingerprint density at radius 3 is 2.81 bits per heavy atom. The van der Waals surface area contributed by atoms with Gasteiger partial charge in [0, 0.05) is 22.0 Å². The lowest BCUT2D eigenvalue weighted by Gasteiger charge is -1.95. The number of hydrogen-bond acceptors (Lipinski definition) is 3. The van der Waals surface area contributed by atoms with E-state index < -0.39 is 0 Å². The van der Waals surface area contributed by atoms with E-state index >= 15 is 0 Å². The third kappa shape index (κ3) is 2.26. The van der Waals surface area contributed by atoms with Gasteiger partial charge in [0.1, 0.15) is 5.01 Å². The summed E-state index contributed by atoms with van der Waals surface area (Å²) in [5, 5.41) is 1.74. The lowest BCUT2D eigenvalue weighted by Crippen LogP contribution is -1.96. The third-order valence-corrected chi connectivity index (χ3v) is 3.77. The number of halogens is 1. The minimum atomic E-state index is 0.557. The van der Waals surface area contributed by atoms with E-state index in [-0.39, 0.29) is 0 Å². The van der Waals surface area contributed by atoms with E-state index in [0.717, 1.165) is 32.6 Å². The second-order valence-corrected chi connectivity index (χ2v) is 4.98. The fourth-order valence-corrected chi connectivity index (χ4v) is 2.78. The van der Waals surface area contributed by atoms with Gasteiger partial charge in [0.05, 0.1) is 5.69 Å². The number of hydrogen-bond donors (Lipinski definition) is 1. The molecule has 0 spiro atoms. The molecule has 2 N–H and O–H groups in total. The van der Waals surface area contributed by atoms with Gasteiger partial charge >= 0.3 is 0 Å². The van der Waals surface area contributed by atoms with Crippen molar-refractivity contribution in [3.63, 3.8) is 0 Å². The van der Waals surface area contributed by atoms with Crippen LogP contribution in [0.4, 0.5) is 0 Å². The zero-order valence-electron chi connectivity index (χ0n) is 9.03. The van der Waals surface area contributed by atoms with Gasteiger partial charge in [-0.3, -0.25) is 0 Å². The van der Waals surface area contributed by atoms with Gasteiger partial charge in [0.2, 0.25) is 0 Å². The molecule has 0 atom stereocenters. The first kappa shape index (κ1) is 11.6. The Labute approximate surface area is 104 Å². The maximum absolute atomic E-state index is 5.96. The monoisotopic (exact) mass is 252 g/mol. The summed E-state index contributed by atoms with van der Waals surface area (Å²) in [6, 6.07) is 7.75. The van der Waals surface area contributed by atoms with Crippen LogP contribution >= 0.6 is 22.9 Å². The minimum absolute atomic E-state index is 0.557. The normalized spacial score (nSPS) is 10.7. The molecule has 1 aromatic carbocycles. The molecule has 2 nitrogen and oxygen atoms in total. The lowest BCUT2D eigenvalue weighted by atomic mass is 10.2. The van der Waals surface area contributed by atoms with Gasteiger partial charge < -0.3 is 5.73 Å². The quantitative estimate of drug-likeness (QED) is 0.908. The maximum Gasteiger partial charge on any atom is 0.123 e. The molecule has 0 fully saturated rings. The first-order valence-electron chi connectivity index (χ1n) is 5.19. The number of aryl methyl sites for hydroxylation is 1. The van der Waals surface area contributed by atoms with Crippen LogP contribution in [0, 0.1) is 0 Å². The van der Waals surface area contributed by atoms with Gasteiger partial charge in [-0.15, -0.1) is 11.3 Å². The number of nitrogens with zero attached hydrogens (tertiary/aromatic N) is 1. The number of nitrogens with two attached hydrogens (primary N) is 1. The van der Waals surface area contributed by atoms with E-state index in [2.05, 4.69) is 11.9 Å². The van der Waals surface area contributed by atoms with E-state index in [9.17, 15) is 0 Å². The number of benzene rings is 1. The Balaban J connectivity index is 2.44. The number of aromatic nitrogens is 1. The first-order chi connectivity index (χ1) is 7.74. The molecule has 1 aromatic heterocycles. The summed E-state index contributed by atoms with van der Waals surface area (Å²) in [5.41, 5.74) is 7.85. The highest BCUT2D eigenvalue weighted by atomic mass is 35.5. The molecular weight excluding hydrogens is 240 g/mol. The highest BCUT2D eigenvalue weighted by Gasteiger charge is 2.09. The summed E-state index contributed by atoms with van der Waals surface area (Å²) >= 11 is 7.61. The SMILES string of the molecule is CCc1nc(-c2cccc(Cl)c2)sc1CN. The van der Waals surface area contributed by atoms with Crippen molar-refractivity contribution in [1.29, 1.82) is 0 Å². The summed E-state index contributed by atoms with van der Waals surface area (Å²) in [6.07, 6.45) is 0.920. The third-order valence-electron chi connectivity index (χ3n) is 2.37. The van der Waals surface area contributed by atoms with Crippen LogP contribution in [0.25, 0.3) is 10.6 Å². The fourth-order valence-electron chi connectivity index (χ4n) is 1.56. The molecule has 0 radical (unpaired) electrons. The molecule has 1 heterocycles.